The first-order valence-corrected chi connectivity index (χ1v) is 10.1. The standard InChI is InChI=1S/C18H20FIN2O4S/c1-9-15(17(26)21-8-12(25)5-6-23)18(27-16(9)10(2)24)22-14-4-3-11(20)7-13(14)19/h3-4,7,12,22-23,25H,5-6,8H2,1-2H3,(H,21,26)/t12-/m0/s1. The summed E-state index contributed by atoms with van der Waals surface area (Å²) in [6, 6.07) is 4.65. The zero-order chi connectivity index (χ0) is 20.1. The Balaban J connectivity index is 2.34. The molecular weight excluding hydrogens is 486 g/mol. The number of hydrogen-bond donors (Lipinski definition) is 4. The van der Waals surface area contributed by atoms with Gasteiger partial charge < -0.3 is 20.8 Å². The van der Waals surface area contributed by atoms with Crippen LogP contribution in [0.5, 0.6) is 0 Å². The van der Waals surface area contributed by atoms with Gasteiger partial charge in [-0.15, -0.1) is 11.3 Å². The van der Waals surface area contributed by atoms with E-state index in [1.54, 1.807) is 19.1 Å². The zero-order valence-corrected chi connectivity index (χ0v) is 17.8. The van der Waals surface area contributed by atoms with Gasteiger partial charge in [-0.25, -0.2) is 4.39 Å². The van der Waals surface area contributed by atoms with Crippen LogP contribution < -0.4 is 10.6 Å². The van der Waals surface area contributed by atoms with Crippen molar-refractivity contribution in [3.63, 3.8) is 0 Å². The number of hydrogen-bond acceptors (Lipinski definition) is 6. The second-order valence-corrected chi connectivity index (χ2v) is 8.21. The Morgan fingerprint density at radius 3 is 2.67 bits per heavy atom. The van der Waals surface area contributed by atoms with Crippen LogP contribution in [0.4, 0.5) is 15.1 Å². The highest BCUT2D eigenvalue weighted by Crippen LogP contribution is 2.36. The first-order valence-electron chi connectivity index (χ1n) is 8.18. The van der Waals surface area contributed by atoms with Crippen LogP contribution in [-0.4, -0.2) is 41.2 Å². The summed E-state index contributed by atoms with van der Waals surface area (Å²) in [4.78, 5) is 24.9. The number of aliphatic hydroxyl groups is 2. The minimum absolute atomic E-state index is 0.0403. The van der Waals surface area contributed by atoms with Gasteiger partial charge in [0.15, 0.2) is 5.78 Å². The van der Waals surface area contributed by atoms with Gasteiger partial charge in [0.25, 0.3) is 5.91 Å². The van der Waals surface area contributed by atoms with Crippen molar-refractivity contribution in [3.8, 4) is 0 Å². The predicted octanol–water partition coefficient (Wildman–Crippen LogP) is 3.22. The van der Waals surface area contributed by atoms with Crippen LogP contribution in [0.2, 0.25) is 0 Å². The number of carbonyl (C=O) groups is 2. The fraction of sp³-hybridized carbons (Fsp3) is 0.333. The van der Waals surface area contributed by atoms with E-state index >= 15 is 0 Å². The minimum Gasteiger partial charge on any atom is -0.396 e. The Morgan fingerprint density at radius 2 is 2.07 bits per heavy atom. The smallest absolute Gasteiger partial charge is 0.254 e. The van der Waals surface area contributed by atoms with Crippen molar-refractivity contribution in [2.45, 2.75) is 26.4 Å². The second kappa shape index (κ2) is 9.58. The lowest BCUT2D eigenvalue weighted by atomic mass is 10.1. The average molecular weight is 506 g/mol. The normalized spacial score (nSPS) is 11.9. The van der Waals surface area contributed by atoms with E-state index < -0.39 is 17.8 Å². The summed E-state index contributed by atoms with van der Waals surface area (Å²) in [5, 5.41) is 24.4. The molecule has 0 aliphatic rings. The lowest BCUT2D eigenvalue weighted by Gasteiger charge is -2.12. The molecule has 6 nitrogen and oxygen atoms in total. The molecule has 2 aromatic rings. The number of thiophene rings is 1. The zero-order valence-electron chi connectivity index (χ0n) is 14.8. The Hall–Kier alpha value is -1.56. The Bertz CT molecular complexity index is 856. The molecule has 1 aromatic heterocycles. The molecule has 1 atom stereocenters. The summed E-state index contributed by atoms with van der Waals surface area (Å²) in [5.74, 6) is -1.15. The van der Waals surface area contributed by atoms with Gasteiger partial charge in [-0.3, -0.25) is 9.59 Å². The van der Waals surface area contributed by atoms with Gasteiger partial charge in [-0.1, -0.05) is 0 Å². The van der Waals surface area contributed by atoms with Crippen LogP contribution in [0.15, 0.2) is 18.2 Å². The number of carbonyl (C=O) groups excluding carboxylic acids is 2. The van der Waals surface area contributed by atoms with E-state index in [0.29, 0.717) is 15.4 Å². The van der Waals surface area contributed by atoms with Gasteiger partial charge in [0.1, 0.15) is 10.8 Å². The molecule has 1 amide bonds. The van der Waals surface area contributed by atoms with E-state index in [-0.39, 0.29) is 36.6 Å². The molecule has 4 N–H and O–H groups in total. The summed E-state index contributed by atoms with van der Waals surface area (Å²) >= 11 is 3.08. The highest BCUT2D eigenvalue weighted by atomic mass is 127. The van der Waals surface area contributed by atoms with Crippen LogP contribution >= 0.6 is 33.9 Å². The van der Waals surface area contributed by atoms with E-state index in [4.69, 9.17) is 5.11 Å². The molecule has 0 fully saturated rings. The molecule has 27 heavy (non-hydrogen) atoms. The van der Waals surface area contributed by atoms with Crippen LogP contribution in [0.1, 0.15) is 38.9 Å². The Morgan fingerprint density at radius 1 is 1.37 bits per heavy atom. The number of nitrogens with one attached hydrogen (secondary N) is 2. The highest BCUT2D eigenvalue weighted by Gasteiger charge is 2.24. The summed E-state index contributed by atoms with van der Waals surface area (Å²) in [6.45, 7) is 2.83. The lowest BCUT2D eigenvalue weighted by Crippen LogP contribution is -2.33. The quantitative estimate of drug-likeness (QED) is 0.326. The number of Topliss-reactive ketones (excluding diaryl/α,β-unsaturated/α-hetero) is 1. The molecule has 2 rings (SSSR count). The fourth-order valence-corrected chi connectivity index (χ4v) is 4.04. The lowest BCUT2D eigenvalue weighted by molar-refractivity contribution is 0.0890. The molecule has 0 aliphatic heterocycles. The first-order chi connectivity index (χ1) is 12.7. The number of aliphatic hydroxyl groups excluding tert-OH is 2. The maximum absolute atomic E-state index is 14.2. The van der Waals surface area contributed by atoms with Gasteiger partial charge in [-0.05, 0) is 66.6 Å². The highest BCUT2D eigenvalue weighted by molar-refractivity contribution is 14.1. The second-order valence-electron chi connectivity index (χ2n) is 5.94. The number of halogens is 2. The van der Waals surface area contributed by atoms with Crippen LogP contribution in [-0.2, 0) is 0 Å². The third kappa shape index (κ3) is 5.47. The summed E-state index contributed by atoms with van der Waals surface area (Å²) < 4.78 is 14.9. The number of anilines is 2. The number of amides is 1. The van der Waals surface area contributed by atoms with Gasteiger partial charge in [0.05, 0.1) is 22.2 Å². The molecule has 0 saturated carbocycles. The molecule has 1 aromatic carbocycles. The van der Waals surface area contributed by atoms with E-state index in [1.807, 2.05) is 22.6 Å². The molecule has 1 heterocycles. The van der Waals surface area contributed by atoms with E-state index in [1.165, 1.54) is 13.0 Å². The maximum Gasteiger partial charge on any atom is 0.254 e. The van der Waals surface area contributed by atoms with Crippen molar-refractivity contribution in [1.29, 1.82) is 0 Å². The third-order valence-electron chi connectivity index (χ3n) is 3.83. The van der Waals surface area contributed by atoms with Gasteiger partial charge in [0, 0.05) is 16.7 Å². The molecule has 0 saturated heterocycles. The molecule has 0 spiro atoms. The molecule has 0 bridgehead atoms. The third-order valence-corrected chi connectivity index (χ3v) is 5.81. The molecule has 0 radical (unpaired) electrons. The van der Waals surface area contributed by atoms with Crippen molar-refractivity contribution in [2.75, 3.05) is 18.5 Å². The van der Waals surface area contributed by atoms with Crippen LogP contribution in [0, 0.1) is 16.3 Å². The van der Waals surface area contributed by atoms with Crippen LogP contribution in [0.3, 0.4) is 0 Å². The Labute approximate surface area is 173 Å². The average Bonchev–Trinajstić information content (AvgIpc) is 2.92. The van der Waals surface area contributed by atoms with Gasteiger partial charge in [0.2, 0.25) is 0 Å². The number of ketones is 1. The van der Waals surface area contributed by atoms with Gasteiger partial charge >= 0.3 is 0 Å². The van der Waals surface area contributed by atoms with Crippen molar-refractivity contribution in [3.05, 3.63) is 43.6 Å². The monoisotopic (exact) mass is 506 g/mol. The SMILES string of the molecule is CC(=O)c1sc(Nc2ccc(I)cc2F)c(C(=O)NC[C@@H](O)CCO)c1C. The number of rotatable bonds is 8. The first kappa shape index (κ1) is 21.7. The van der Waals surface area contributed by atoms with E-state index in [0.717, 1.165) is 14.9 Å². The summed E-state index contributed by atoms with van der Waals surface area (Å²) in [7, 11) is 0. The van der Waals surface area contributed by atoms with Crippen LogP contribution in [0.25, 0.3) is 0 Å². The van der Waals surface area contributed by atoms with Crippen molar-refractivity contribution >= 4 is 56.3 Å². The fourth-order valence-electron chi connectivity index (χ4n) is 2.47. The summed E-state index contributed by atoms with van der Waals surface area (Å²) in [5.41, 5.74) is 0.926. The molecular formula is C18H20FIN2O4S. The molecule has 9 heteroatoms. The van der Waals surface area contributed by atoms with E-state index in [9.17, 15) is 19.1 Å². The maximum atomic E-state index is 14.2. The topological polar surface area (TPSA) is 98.7 Å². The van der Waals surface area contributed by atoms with E-state index in [2.05, 4.69) is 10.6 Å². The summed E-state index contributed by atoms with van der Waals surface area (Å²) in [6.07, 6.45) is -0.740. The minimum atomic E-state index is -0.879. The molecule has 0 aliphatic carbocycles. The predicted molar refractivity (Wildman–Crippen MR) is 112 cm³/mol. The largest absolute Gasteiger partial charge is 0.396 e. The van der Waals surface area contributed by atoms with Gasteiger partial charge in [-0.2, -0.15) is 0 Å². The van der Waals surface area contributed by atoms with Crippen molar-refractivity contribution < 1.29 is 24.2 Å². The van der Waals surface area contributed by atoms with Crippen molar-refractivity contribution in [1.82, 2.24) is 5.32 Å². The molecule has 146 valence electrons. The van der Waals surface area contributed by atoms with Crippen molar-refractivity contribution in [2.24, 2.45) is 0 Å². The Kier molecular flexibility index (Phi) is 7.71. The number of benzene rings is 1. The molecule has 0 unspecified atom stereocenters.